The summed E-state index contributed by atoms with van der Waals surface area (Å²) in [5, 5.41) is 2.89. The highest BCUT2D eigenvalue weighted by Gasteiger charge is 2.27. The summed E-state index contributed by atoms with van der Waals surface area (Å²) in [7, 11) is -2.12. The van der Waals surface area contributed by atoms with Crippen molar-refractivity contribution in [2.75, 3.05) is 25.5 Å². The fraction of sp³-hybridized carbons (Fsp3) is 0.435. The first kappa shape index (κ1) is 22.3. The zero-order valence-electron chi connectivity index (χ0n) is 17.6. The SMILES string of the molecule is CC[C@@H](C(=O)Nc1cc(S(=O)(=O)N2CCCCCC2)ccc1OC)c1ccccc1. The second-order valence-corrected chi connectivity index (χ2v) is 9.48. The van der Waals surface area contributed by atoms with E-state index in [0.717, 1.165) is 31.2 Å². The van der Waals surface area contributed by atoms with E-state index in [1.54, 1.807) is 16.4 Å². The van der Waals surface area contributed by atoms with Gasteiger partial charge in [-0.25, -0.2) is 8.42 Å². The maximum absolute atomic E-state index is 13.2. The number of benzene rings is 2. The van der Waals surface area contributed by atoms with Gasteiger partial charge in [-0.15, -0.1) is 0 Å². The van der Waals surface area contributed by atoms with Crippen LogP contribution in [0.25, 0.3) is 0 Å². The zero-order valence-corrected chi connectivity index (χ0v) is 18.5. The third kappa shape index (κ3) is 5.02. The van der Waals surface area contributed by atoms with Gasteiger partial charge in [0.2, 0.25) is 15.9 Å². The fourth-order valence-electron chi connectivity index (χ4n) is 3.85. The number of hydrogen-bond donors (Lipinski definition) is 1. The van der Waals surface area contributed by atoms with E-state index in [1.807, 2.05) is 37.3 Å². The molecule has 0 spiro atoms. The molecule has 1 N–H and O–H groups in total. The number of carbonyl (C=O) groups is 1. The second kappa shape index (κ2) is 10.1. The molecule has 1 aliphatic heterocycles. The van der Waals surface area contributed by atoms with E-state index in [0.29, 0.717) is 30.9 Å². The van der Waals surface area contributed by atoms with Crippen LogP contribution < -0.4 is 10.1 Å². The van der Waals surface area contributed by atoms with Crippen molar-refractivity contribution in [3.8, 4) is 5.75 Å². The van der Waals surface area contributed by atoms with Gasteiger partial charge in [0.05, 0.1) is 23.6 Å². The Balaban J connectivity index is 1.88. The van der Waals surface area contributed by atoms with Gasteiger partial charge in [-0.05, 0) is 43.0 Å². The predicted molar refractivity (Wildman–Crippen MR) is 118 cm³/mol. The van der Waals surface area contributed by atoms with Crippen molar-refractivity contribution in [2.45, 2.75) is 49.8 Å². The number of amides is 1. The quantitative estimate of drug-likeness (QED) is 0.707. The molecule has 30 heavy (non-hydrogen) atoms. The first-order valence-electron chi connectivity index (χ1n) is 10.5. The monoisotopic (exact) mass is 430 g/mol. The summed E-state index contributed by atoms with van der Waals surface area (Å²) in [5.41, 5.74) is 1.29. The molecule has 7 heteroatoms. The standard InChI is InChI=1S/C23H30N2O4S/c1-3-20(18-11-7-6-8-12-18)23(26)24-21-17-19(13-14-22(21)29-2)30(27,28)25-15-9-4-5-10-16-25/h6-8,11-14,17,20H,3-5,9-10,15-16H2,1-2H3,(H,24,26)/t20-/m1/s1. The minimum Gasteiger partial charge on any atom is -0.495 e. The summed E-state index contributed by atoms with van der Waals surface area (Å²) >= 11 is 0. The lowest BCUT2D eigenvalue weighted by Crippen LogP contribution is -2.32. The van der Waals surface area contributed by atoms with Crippen LogP contribution in [0.3, 0.4) is 0 Å². The van der Waals surface area contributed by atoms with Gasteiger partial charge in [-0.2, -0.15) is 4.31 Å². The molecule has 2 aromatic carbocycles. The van der Waals surface area contributed by atoms with Crippen molar-refractivity contribution in [3.63, 3.8) is 0 Å². The van der Waals surface area contributed by atoms with Gasteiger partial charge in [0.1, 0.15) is 5.75 Å². The van der Waals surface area contributed by atoms with Crippen LogP contribution in [0.4, 0.5) is 5.69 Å². The van der Waals surface area contributed by atoms with Gasteiger partial charge < -0.3 is 10.1 Å². The van der Waals surface area contributed by atoms with Gasteiger partial charge in [0.25, 0.3) is 0 Å². The van der Waals surface area contributed by atoms with Crippen LogP contribution in [0, 0.1) is 0 Å². The average Bonchev–Trinajstić information content (AvgIpc) is 3.05. The summed E-state index contributed by atoms with van der Waals surface area (Å²) in [5.74, 6) is -0.0887. The molecule has 1 amide bonds. The Morgan fingerprint density at radius 2 is 1.73 bits per heavy atom. The Bertz CT molecular complexity index is 952. The first-order valence-corrected chi connectivity index (χ1v) is 12.0. The third-order valence-electron chi connectivity index (χ3n) is 5.56. The number of sulfonamides is 1. The van der Waals surface area contributed by atoms with E-state index in [2.05, 4.69) is 5.32 Å². The van der Waals surface area contributed by atoms with Crippen molar-refractivity contribution in [1.29, 1.82) is 0 Å². The molecule has 1 aliphatic rings. The van der Waals surface area contributed by atoms with Crippen LogP contribution in [0.5, 0.6) is 5.75 Å². The number of hydrogen-bond acceptors (Lipinski definition) is 4. The van der Waals surface area contributed by atoms with E-state index in [9.17, 15) is 13.2 Å². The van der Waals surface area contributed by atoms with Crippen molar-refractivity contribution in [2.24, 2.45) is 0 Å². The minimum atomic E-state index is -3.62. The highest BCUT2D eigenvalue weighted by Crippen LogP contribution is 2.31. The Labute approximate surface area is 179 Å². The maximum atomic E-state index is 13.2. The number of anilines is 1. The molecular weight excluding hydrogens is 400 g/mol. The minimum absolute atomic E-state index is 0.174. The zero-order chi connectivity index (χ0) is 21.6. The Hall–Kier alpha value is -2.38. The highest BCUT2D eigenvalue weighted by molar-refractivity contribution is 7.89. The van der Waals surface area contributed by atoms with Crippen LogP contribution in [0.15, 0.2) is 53.4 Å². The lowest BCUT2D eigenvalue weighted by Gasteiger charge is -2.21. The van der Waals surface area contributed by atoms with Crippen LogP contribution in [0.1, 0.15) is 50.5 Å². The van der Waals surface area contributed by atoms with Gasteiger partial charge in [0.15, 0.2) is 0 Å². The molecule has 0 unspecified atom stereocenters. The van der Waals surface area contributed by atoms with Gasteiger partial charge >= 0.3 is 0 Å². The molecule has 1 saturated heterocycles. The maximum Gasteiger partial charge on any atom is 0.243 e. The summed E-state index contributed by atoms with van der Waals surface area (Å²) in [6.07, 6.45) is 4.47. The molecule has 1 atom stereocenters. The summed E-state index contributed by atoms with van der Waals surface area (Å²) in [4.78, 5) is 13.2. The van der Waals surface area contributed by atoms with Gasteiger partial charge in [-0.1, -0.05) is 50.1 Å². The number of nitrogens with one attached hydrogen (secondary N) is 1. The predicted octanol–water partition coefficient (Wildman–Crippen LogP) is 4.39. The van der Waals surface area contributed by atoms with Crippen molar-refractivity contribution in [1.82, 2.24) is 4.31 Å². The summed E-state index contributed by atoms with van der Waals surface area (Å²) in [6.45, 7) is 3.01. The first-order chi connectivity index (χ1) is 14.5. The normalized spacial score (nSPS) is 16.5. The molecule has 0 saturated carbocycles. The summed E-state index contributed by atoms with van der Waals surface area (Å²) in [6, 6.07) is 14.2. The van der Waals surface area contributed by atoms with Crippen molar-refractivity contribution >= 4 is 21.6 Å². The fourth-order valence-corrected chi connectivity index (χ4v) is 5.40. The molecule has 0 bridgehead atoms. The Morgan fingerprint density at radius 3 is 2.33 bits per heavy atom. The lowest BCUT2D eigenvalue weighted by atomic mass is 9.95. The number of ether oxygens (including phenoxy) is 1. The smallest absolute Gasteiger partial charge is 0.243 e. The molecule has 1 heterocycles. The van der Waals surface area contributed by atoms with Crippen LogP contribution in [-0.2, 0) is 14.8 Å². The molecule has 3 rings (SSSR count). The van der Waals surface area contributed by atoms with E-state index in [4.69, 9.17) is 4.74 Å². The Morgan fingerprint density at radius 1 is 1.07 bits per heavy atom. The highest BCUT2D eigenvalue weighted by atomic mass is 32.2. The molecule has 2 aromatic rings. The largest absolute Gasteiger partial charge is 0.495 e. The molecule has 1 fully saturated rings. The lowest BCUT2D eigenvalue weighted by molar-refractivity contribution is -0.117. The molecule has 0 radical (unpaired) electrons. The average molecular weight is 431 g/mol. The van der Waals surface area contributed by atoms with Crippen LogP contribution >= 0.6 is 0 Å². The topological polar surface area (TPSA) is 75.7 Å². The van der Waals surface area contributed by atoms with Gasteiger partial charge in [0, 0.05) is 13.1 Å². The van der Waals surface area contributed by atoms with Crippen LogP contribution in [0.2, 0.25) is 0 Å². The van der Waals surface area contributed by atoms with Crippen molar-refractivity contribution < 1.29 is 17.9 Å². The van der Waals surface area contributed by atoms with E-state index in [-0.39, 0.29) is 16.7 Å². The van der Waals surface area contributed by atoms with E-state index < -0.39 is 10.0 Å². The molecule has 0 aromatic heterocycles. The number of methoxy groups -OCH3 is 1. The third-order valence-corrected chi connectivity index (χ3v) is 7.45. The van der Waals surface area contributed by atoms with Gasteiger partial charge in [-0.3, -0.25) is 4.79 Å². The van der Waals surface area contributed by atoms with E-state index in [1.165, 1.54) is 13.2 Å². The van der Waals surface area contributed by atoms with Crippen LogP contribution in [-0.4, -0.2) is 38.8 Å². The molecule has 0 aliphatic carbocycles. The molecule has 6 nitrogen and oxygen atoms in total. The molecule has 162 valence electrons. The number of rotatable bonds is 7. The van der Waals surface area contributed by atoms with E-state index >= 15 is 0 Å². The number of carbonyl (C=O) groups excluding carboxylic acids is 1. The Kier molecular flexibility index (Phi) is 7.50. The summed E-state index contributed by atoms with van der Waals surface area (Å²) < 4.78 is 33.2. The van der Waals surface area contributed by atoms with Crippen molar-refractivity contribution in [3.05, 3.63) is 54.1 Å². The molecular formula is C23H30N2O4S. The number of nitrogens with zero attached hydrogens (tertiary/aromatic N) is 1. The second-order valence-electron chi connectivity index (χ2n) is 7.54.